The summed E-state index contributed by atoms with van der Waals surface area (Å²) < 4.78 is 19.1. The molecule has 0 N–H and O–H groups in total. The van der Waals surface area contributed by atoms with Crippen LogP contribution in [0.4, 0.5) is 0 Å². The highest BCUT2D eigenvalue weighted by Gasteiger charge is 2.37. The molecule has 0 bridgehead atoms. The van der Waals surface area contributed by atoms with Crippen molar-refractivity contribution in [3.05, 3.63) is 133 Å². The number of carbonyl (C=O) groups excluding carboxylic acids is 1. The molecular formula is C34H28N2O5S. The van der Waals surface area contributed by atoms with E-state index in [9.17, 15) is 9.59 Å². The van der Waals surface area contributed by atoms with Gasteiger partial charge in [0.15, 0.2) is 4.80 Å². The Balaban J connectivity index is 1.75. The normalized spacial score (nSPS) is 14.8. The molecule has 2 heterocycles. The van der Waals surface area contributed by atoms with Crippen LogP contribution in [0.1, 0.15) is 29.7 Å². The molecule has 8 heteroatoms. The lowest BCUT2D eigenvalue weighted by molar-refractivity contribution is -0.138. The minimum Gasteiger partial charge on any atom is -0.496 e. The van der Waals surface area contributed by atoms with Gasteiger partial charge < -0.3 is 14.2 Å². The molecule has 1 aromatic heterocycles. The molecule has 5 aromatic rings. The van der Waals surface area contributed by atoms with Gasteiger partial charge in [-0.2, -0.15) is 0 Å². The minimum atomic E-state index is -0.864. The van der Waals surface area contributed by atoms with Crippen molar-refractivity contribution >= 4 is 39.9 Å². The number of esters is 1. The molecule has 1 aliphatic heterocycles. The van der Waals surface area contributed by atoms with Gasteiger partial charge in [0.1, 0.15) is 17.5 Å². The van der Waals surface area contributed by atoms with E-state index in [-0.39, 0.29) is 17.7 Å². The maximum Gasteiger partial charge on any atom is 0.338 e. The van der Waals surface area contributed by atoms with E-state index < -0.39 is 12.0 Å². The maximum absolute atomic E-state index is 14.3. The van der Waals surface area contributed by atoms with E-state index in [4.69, 9.17) is 19.2 Å². The minimum absolute atomic E-state index is 0.169. The molecule has 42 heavy (non-hydrogen) atoms. The number of rotatable bonds is 7. The first-order valence-corrected chi connectivity index (χ1v) is 14.3. The molecule has 0 aliphatic carbocycles. The van der Waals surface area contributed by atoms with Crippen molar-refractivity contribution in [1.82, 2.24) is 4.57 Å². The van der Waals surface area contributed by atoms with Gasteiger partial charge in [-0.05, 0) is 35.9 Å². The fraction of sp³-hybridized carbons (Fsp3) is 0.147. The molecule has 6 rings (SSSR count). The second-order valence-corrected chi connectivity index (χ2v) is 10.6. The number of benzene rings is 4. The Labute approximate surface area is 246 Å². The third kappa shape index (κ3) is 4.69. The first-order valence-electron chi connectivity index (χ1n) is 13.5. The molecule has 0 radical (unpaired) electrons. The summed E-state index contributed by atoms with van der Waals surface area (Å²) in [5, 5.41) is 1.81. The Bertz CT molecular complexity index is 2020. The van der Waals surface area contributed by atoms with Gasteiger partial charge >= 0.3 is 5.97 Å². The second-order valence-electron chi connectivity index (χ2n) is 9.58. The summed E-state index contributed by atoms with van der Waals surface area (Å²) in [6, 6.07) is 27.8. The van der Waals surface area contributed by atoms with Crippen LogP contribution in [0.15, 0.2) is 106 Å². The van der Waals surface area contributed by atoms with Gasteiger partial charge in [0.25, 0.3) is 5.56 Å². The predicted molar refractivity (Wildman–Crippen MR) is 165 cm³/mol. The van der Waals surface area contributed by atoms with Crippen LogP contribution >= 0.6 is 11.3 Å². The number of fused-ring (bicyclic) bond motifs is 2. The van der Waals surface area contributed by atoms with Crippen LogP contribution in [-0.2, 0) is 9.53 Å². The summed E-state index contributed by atoms with van der Waals surface area (Å²) in [5.41, 5.74) is 2.64. The Morgan fingerprint density at radius 3 is 2.38 bits per heavy atom. The average molecular weight is 577 g/mol. The number of ether oxygens (including phenoxy) is 3. The zero-order valence-corrected chi connectivity index (χ0v) is 24.2. The van der Waals surface area contributed by atoms with E-state index in [1.165, 1.54) is 11.3 Å². The van der Waals surface area contributed by atoms with Crippen molar-refractivity contribution < 1.29 is 19.0 Å². The number of nitrogens with zero attached hydrogens (tertiary/aromatic N) is 2. The molecule has 1 aliphatic rings. The van der Waals surface area contributed by atoms with Crippen LogP contribution in [0.2, 0.25) is 0 Å². The van der Waals surface area contributed by atoms with E-state index in [2.05, 4.69) is 0 Å². The van der Waals surface area contributed by atoms with E-state index in [0.717, 1.165) is 21.9 Å². The number of carbonyl (C=O) groups is 1. The van der Waals surface area contributed by atoms with E-state index in [1.54, 1.807) is 31.8 Å². The predicted octanol–water partition coefficient (Wildman–Crippen LogP) is 5.11. The van der Waals surface area contributed by atoms with Crippen molar-refractivity contribution in [3.8, 4) is 11.5 Å². The lowest BCUT2D eigenvalue weighted by atomic mass is 9.89. The fourth-order valence-electron chi connectivity index (χ4n) is 5.38. The zero-order chi connectivity index (χ0) is 29.2. The molecule has 0 saturated carbocycles. The van der Waals surface area contributed by atoms with Crippen LogP contribution in [0, 0.1) is 0 Å². The number of para-hydroxylation sites is 1. The first kappa shape index (κ1) is 27.2. The van der Waals surface area contributed by atoms with Crippen LogP contribution in [0.25, 0.3) is 22.5 Å². The molecule has 0 spiro atoms. The molecule has 1 atom stereocenters. The fourth-order valence-corrected chi connectivity index (χ4v) is 6.37. The number of hydrogen-bond donors (Lipinski definition) is 0. The molecule has 210 valence electrons. The Morgan fingerprint density at radius 1 is 0.905 bits per heavy atom. The van der Waals surface area contributed by atoms with Crippen molar-refractivity contribution in [2.45, 2.75) is 13.0 Å². The Kier molecular flexibility index (Phi) is 7.46. The van der Waals surface area contributed by atoms with Gasteiger partial charge in [-0.1, -0.05) is 90.2 Å². The summed E-state index contributed by atoms with van der Waals surface area (Å²) in [5.74, 6) is 0.654. The standard InChI is InChI=1S/C34H28N2O5S/c1-4-41-33(38)29-30(22-13-6-5-7-14-22)35-34-36(32(37)27(42-34)20-23-15-9-11-17-25(23)39-2)31(29)28-24-16-10-8-12-21(24)18-19-26(28)40-3/h5-20,31H,4H2,1-3H3/b27-20-/t31-/m1/s1. The number of thiazole rings is 1. The first-order chi connectivity index (χ1) is 20.5. The van der Waals surface area contributed by atoms with Gasteiger partial charge in [-0.25, -0.2) is 9.79 Å². The smallest absolute Gasteiger partial charge is 0.338 e. The third-order valence-electron chi connectivity index (χ3n) is 7.22. The van der Waals surface area contributed by atoms with E-state index >= 15 is 0 Å². The SMILES string of the molecule is CCOC(=O)C1=C(c2ccccc2)N=c2s/c(=C\c3ccccc3OC)c(=O)n2[C@@H]1c1c(OC)ccc2ccccc12. The second kappa shape index (κ2) is 11.5. The van der Waals surface area contributed by atoms with Gasteiger partial charge in [-0.15, -0.1) is 0 Å². The van der Waals surface area contributed by atoms with Crippen molar-refractivity contribution in [3.63, 3.8) is 0 Å². The van der Waals surface area contributed by atoms with Crippen molar-refractivity contribution in [2.24, 2.45) is 4.99 Å². The summed E-state index contributed by atoms with van der Waals surface area (Å²) in [7, 11) is 3.18. The van der Waals surface area contributed by atoms with Crippen molar-refractivity contribution in [2.75, 3.05) is 20.8 Å². The largest absolute Gasteiger partial charge is 0.496 e. The lowest BCUT2D eigenvalue weighted by Gasteiger charge is -2.28. The van der Waals surface area contributed by atoms with Crippen molar-refractivity contribution in [1.29, 1.82) is 0 Å². The van der Waals surface area contributed by atoms with Crippen LogP contribution < -0.4 is 24.4 Å². The average Bonchev–Trinajstić information content (AvgIpc) is 3.34. The van der Waals surface area contributed by atoms with Gasteiger partial charge in [0.2, 0.25) is 0 Å². The van der Waals surface area contributed by atoms with E-state index in [1.807, 2.05) is 91.0 Å². The maximum atomic E-state index is 14.3. The Hall–Kier alpha value is -4.95. The van der Waals surface area contributed by atoms with Crippen LogP contribution in [-0.4, -0.2) is 31.4 Å². The zero-order valence-electron chi connectivity index (χ0n) is 23.4. The van der Waals surface area contributed by atoms with Gasteiger partial charge in [0.05, 0.1) is 36.6 Å². The molecule has 0 saturated heterocycles. The van der Waals surface area contributed by atoms with Gasteiger partial charge in [-0.3, -0.25) is 9.36 Å². The highest BCUT2D eigenvalue weighted by molar-refractivity contribution is 7.07. The summed E-state index contributed by atoms with van der Waals surface area (Å²) in [6.45, 7) is 1.93. The number of aromatic nitrogens is 1. The molecule has 7 nitrogen and oxygen atoms in total. The summed E-state index contributed by atoms with van der Waals surface area (Å²) in [4.78, 5) is 33.6. The molecular weight excluding hydrogens is 548 g/mol. The van der Waals surface area contributed by atoms with E-state index in [0.29, 0.717) is 32.1 Å². The van der Waals surface area contributed by atoms with Crippen LogP contribution in [0.5, 0.6) is 11.5 Å². The summed E-state index contributed by atoms with van der Waals surface area (Å²) in [6.07, 6.45) is 1.80. The summed E-state index contributed by atoms with van der Waals surface area (Å²) >= 11 is 1.26. The number of hydrogen-bond acceptors (Lipinski definition) is 7. The van der Waals surface area contributed by atoms with Gasteiger partial charge in [0, 0.05) is 16.7 Å². The highest BCUT2D eigenvalue weighted by Crippen LogP contribution is 2.42. The Morgan fingerprint density at radius 2 is 1.62 bits per heavy atom. The molecule has 0 amide bonds. The quantitative estimate of drug-likeness (QED) is 0.252. The number of methoxy groups -OCH3 is 2. The molecule has 0 fully saturated rings. The lowest BCUT2D eigenvalue weighted by Crippen LogP contribution is -2.40. The van der Waals surface area contributed by atoms with Crippen LogP contribution in [0.3, 0.4) is 0 Å². The third-order valence-corrected chi connectivity index (χ3v) is 8.21. The molecule has 4 aromatic carbocycles. The monoisotopic (exact) mass is 576 g/mol. The molecule has 0 unspecified atom stereocenters. The topological polar surface area (TPSA) is 79.1 Å². The highest BCUT2D eigenvalue weighted by atomic mass is 32.1.